The summed E-state index contributed by atoms with van der Waals surface area (Å²) in [6.07, 6.45) is 6.02. The molecule has 0 spiro atoms. The van der Waals surface area contributed by atoms with Gasteiger partial charge in [0.1, 0.15) is 0 Å². The summed E-state index contributed by atoms with van der Waals surface area (Å²) < 4.78 is 11.4. The fraction of sp³-hybridized carbons (Fsp3) is 0.409. The monoisotopic (exact) mass is 369 g/mol. The first kappa shape index (κ1) is 18.8. The SMILES string of the molecule is CN(C(=O)c1cccc(CS(C)=O)c1)C1CCC(c2ccccc2)CC1. The zero-order chi connectivity index (χ0) is 18.5. The summed E-state index contributed by atoms with van der Waals surface area (Å²) in [5.41, 5.74) is 3.07. The number of benzene rings is 2. The highest BCUT2D eigenvalue weighted by Crippen LogP contribution is 2.34. The molecule has 1 aliphatic carbocycles. The van der Waals surface area contributed by atoms with Crippen LogP contribution in [0, 0.1) is 0 Å². The van der Waals surface area contributed by atoms with Gasteiger partial charge in [-0.25, -0.2) is 0 Å². The molecule has 0 heterocycles. The predicted molar refractivity (Wildman–Crippen MR) is 108 cm³/mol. The second-order valence-electron chi connectivity index (χ2n) is 7.25. The maximum absolute atomic E-state index is 12.9. The van der Waals surface area contributed by atoms with E-state index in [1.165, 1.54) is 5.56 Å². The molecule has 26 heavy (non-hydrogen) atoms. The maximum Gasteiger partial charge on any atom is 0.253 e. The van der Waals surface area contributed by atoms with Crippen LogP contribution in [0.15, 0.2) is 54.6 Å². The summed E-state index contributed by atoms with van der Waals surface area (Å²) >= 11 is 0. The molecule has 1 unspecified atom stereocenters. The Balaban J connectivity index is 1.62. The molecule has 0 radical (unpaired) electrons. The number of rotatable bonds is 5. The lowest BCUT2D eigenvalue weighted by molar-refractivity contribution is 0.0689. The van der Waals surface area contributed by atoms with Crippen molar-refractivity contribution in [2.75, 3.05) is 13.3 Å². The van der Waals surface area contributed by atoms with Crippen LogP contribution < -0.4 is 0 Å². The van der Waals surface area contributed by atoms with Crippen molar-refractivity contribution in [1.29, 1.82) is 0 Å². The molecule has 2 aromatic carbocycles. The molecule has 1 atom stereocenters. The topological polar surface area (TPSA) is 37.4 Å². The van der Waals surface area contributed by atoms with Crippen molar-refractivity contribution in [2.24, 2.45) is 0 Å². The van der Waals surface area contributed by atoms with Gasteiger partial charge in [0.15, 0.2) is 0 Å². The van der Waals surface area contributed by atoms with E-state index in [0.717, 1.165) is 31.2 Å². The molecule has 3 nitrogen and oxygen atoms in total. The van der Waals surface area contributed by atoms with Gasteiger partial charge in [-0.15, -0.1) is 0 Å². The zero-order valence-electron chi connectivity index (χ0n) is 15.6. The van der Waals surface area contributed by atoms with E-state index in [4.69, 9.17) is 0 Å². The van der Waals surface area contributed by atoms with Crippen LogP contribution >= 0.6 is 0 Å². The lowest BCUT2D eigenvalue weighted by atomic mass is 9.81. The average Bonchev–Trinajstić information content (AvgIpc) is 2.67. The van der Waals surface area contributed by atoms with Crippen molar-refractivity contribution in [3.05, 3.63) is 71.3 Å². The lowest BCUT2D eigenvalue weighted by Crippen LogP contribution is -2.39. The summed E-state index contributed by atoms with van der Waals surface area (Å²) in [6.45, 7) is 0. The Morgan fingerprint density at radius 1 is 1.04 bits per heavy atom. The zero-order valence-corrected chi connectivity index (χ0v) is 16.4. The summed E-state index contributed by atoms with van der Waals surface area (Å²) in [5, 5.41) is 0. The molecule has 0 saturated heterocycles. The third-order valence-corrected chi connectivity index (χ3v) is 6.12. The van der Waals surface area contributed by atoms with E-state index in [2.05, 4.69) is 30.3 Å². The van der Waals surface area contributed by atoms with Crippen LogP contribution in [-0.4, -0.2) is 34.4 Å². The minimum Gasteiger partial charge on any atom is -0.339 e. The average molecular weight is 370 g/mol. The normalized spacial score (nSPS) is 21.2. The van der Waals surface area contributed by atoms with Gasteiger partial charge in [0.05, 0.1) is 0 Å². The maximum atomic E-state index is 12.9. The highest BCUT2D eigenvalue weighted by molar-refractivity contribution is 7.83. The van der Waals surface area contributed by atoms with Gasteiger partial charge >= 0.3 is 0 Å². The number of nitrogens with zero attached hydrogens (tertiary/aromatic N) is 1. The van der Waals surface area contributed by atoms with E-state index in [1.54, 1.807) is 6.26 Å². The van der Waals surface area contributed by atoms with Crippen molar-refractivity contribution >= 4 is 16.7 Å². The van der Waals surface area contributed by atoms with Crippen LogP contribution in [0.1, 0.15) is 53.1 Å². The fourth-order valence-corrected chi connectivity index (χ4v) is 4.57. The van der Waals surface area contributed by atoms with Crippen molar-refractivity contribution in [2.45, 2.75) is 43.4 Å². The number of hydrogen-bond donors (Lipinski definition) is 0. The largest absolute Gasteiger partial charge is 0.339 e. The van der Waals surface area contributed by atoms with Crippen molar-refractivity contribution in [3.8, 4) is 0 Å². The van der Waals surface area contributed by atoms with Gasteiger partial charge in [-0.2, -0.15) is 0 Å². The molecular formula is C22H27NO2S. The van der Waals surface area contributed by atoms with Gasteiger partial charge in [0.2, 0.25) is 0 Å². The number of hydrogen-bond acceptors (Lipinski definition) is 2. The first-order valence-electron chi connectivity index (χ1n) is 9.25. The van der Waals surface area contributed by atoms with E-state index >= 15 is 0 Å². The molecule has 2 aromatic rings. The minimum atomic E-state index is -0.900. The number of amides is 1. The minimum absolute atomic E-state index is 0.0666. The second-order valence-corrected chi connectivity index (χ2v) is 8.69. The first-order chi connectivity index (χ1) is 12.5. The van der Waals surface area contributed by atoms with Crippen LogP contribution in [0.4, 0.5) is 0 Å². The van der Waals surface area contributed by atoms with Crippen LogP contribution in [0.5, 0.6) is 0 Å². The van der Waals surface area contributed by atoms with Crippen molar-refractivity contribution in [1.82, 2.24) is 4.90 Å². The summed E-state index contributed by atoms with van der Waals surface area (Å²) in [5.74, 6) is 1.17. The molecule has 3 rings (SSSR count). The van der Waals surface area contributed by atoms with Gasteiger partial charge < -0.3 is 4.90 Å². The predicted octanol–water partition coefficient (Wildman–Crippen LogP) is 4.36. The van der Waals surface area contributed by atoms with Gasteiger partial charge in [-0.1, -0.05) is 42.5 Å². The highest BCUT2D eigenvalue weighted by atomic mass is 32.2. The van der Waals surface area contributed by atoms with E-state index in [1.807, 2.05) is 36.2 Å². The summed E-state index contributed by atoms with van der Waals surface area (Å²) in [4.78, 5) is 14.8. The van der Waals surface area contributed by atoms with E-state index < -0.39 is 10.8 Å². The summed E-state index contributed by atoms with van der Waals surface area (Å²) in [7, 11) is 1.02. The van der Waals surface area contributed by atoms with Crippen molar-refractivity contribution < 1.29 is 9.00 Å². The molecule has 0 bridgehead atoms. The standard InChI is InChI=1S/C22H27NO2S/c1-23(22(24)20-10-6-7-17(15-20)16-26(2)25)21-13-11-19(12-14-21)18-8-4-3-5-9-18/h3-10,15,19,21H,11-14,16H2,1-2H3. The summed E-state index contributed by atoms with van der Waals surface area (Å²) in [6, 6.07) is 18.5. The molecule has 1 amide bonds. The Hall–Kier alpha value is -1.94. The van der Waals surface area contributed by atoms with Crippen LogP contribution in [0.2, 0.25) is 0 Å². The van der Waals surface area contributed by atoms with Gasteiger partial charge in [0.25, 0.3) is 5.91 Å². The van der Waals surface area contributed by atoms with Crippen LogP contribution in [0.3, 0.4) is 0 Å². The first-order valence-corrected chi connectivity index (χ1v) is 11.0. The molecule has 138 valence electrons. The molecular weight excluding hydrogens is 342 g/mol. The quantitative estimate of drug-likeness (QED) is 0.785. The number of carbonyl (C=O) groups is 1. The fourth-order valence-electron chi connectivity index (χ4n) is 3.92. The van der Waals surface area contributed by atoms with Gasteiger partial charge in [-0.05, 0) is 54.9 Å². The van der Waals surface area contributed by atoms with Gasteiger partial charge in [-0.3, -0.25) is 9.00 Å². The molecule has 4 heteroatoms. The Kier molecular flexibility index (Phi) is 6.25. The van der Waals surface area contributed by atoms with Crippen LogP contribution in [0.25, 0.3) is 0 Å². The molecule has 1 saturated carbocycles. The molecule has 1 aliphatic rings. The highest BCUT2D eigenvalue weighted by Gasteiger charge is 2.27. The third kappa shape index (κ3) is 4.61. The van der Waals surface area contributed by atoms with E-state index in [0.29, 0.717) is 23.3 Å². The number of carbonyl (C=O) groups excluding carboxylic acids is 1. The Bertz CT molecular complexity index is 767. The smallest absolute Gasteiger partial charge is 0.253 e. The Morgan fingerprint density at radius 3 is 2.38 bits per heavy atom. The third-order valence-electron chi connectivity index (χ3n) is 5.38. The van der Waals surface area contributed by atoms with E-state index in [-0.39, 0.29) is 5.91 Å². The Labute approximate surface area is 158 Å². The molecule has 0 aromatic heterocycles. The Morgan fingerprint density at radius 2 is 1.73 bits per heavy atom. The van der Waals surface area contributed by atoms with E-state index in [9.17, 15) is 9.00 Å². The molecule has 0 aliphatic heterocycles. The van der Waals surface area contributed by atoms with Crippen molar-refractivity contribution in [3.63, 3.8) is 0 Å². The molecule has 1 fully saturated rings. The van der Waals surface area contributed by atoms with Gasteiger partial charge in [0, 0.05) is 41.5 Å². The second kappa shape index (κ2) is 8.63. The van der Waals surface area contributed by atoms with Crippen LogP contribution in [-0.2, 0) is 16.6 Å². The molecule has 0 N–H and O–H groups in total. The lowest BCUT2D eigenvalue weighted by Gasteiger charge is -2.35.